The molecule has 3 aromatic rings. The van der Waals surface area contributed by atoms with Crippen LogP contribution in [0.1, 0.15) is 22.7 Å². The molecule has 1 aromatic heterocycles. The van der Waals surface area contributed by atoms with E-state index in [0.29, 0.717) is 31.8 Å². The predicted molar refractivity (Wildman–Crippen MR) is 120 cm³/mol. The summed E-state index contributed by atoms with van der Waals surface area (Å²) in [5.74, 6) is -0.210. The molecule has 2 aliphatic heterocycles. The number of hydrazine groups is 1. The molecule has 7 nitrogen and oxygen atoms in total. The van der Waals surface area contributed by atoms with Crippen LogP contribution in [-0.2, 0) is 11.3 Å². The van der Waals surface area contributed by atoms with Crippen LogP contribution >= 0.6 is 0 Å². The molecule has 3 atom stereocenters. The van der Waals surface area contributed by atoms with E-state index in [-0.39, 0.29) is 11.9 Å². The zero-order chi connectivity index (χ0) is 21.9. The smallest absolute Gasteiger partial charge is 0.152 e. The normalized spacial score (nSPS) is 21.6. The molecule has 3 heterocycles. The summed E-state index contributed by atoms with van der Waals surface area (Å²) in [4.78, 5) is 6.19. The number of benzene rings is 2. The summed E-state index contributed by atoms with van der Waals surface area (Å²) >= 11 is 0. The van der Waals surface area contributed by atoms with Crippen LogP contribution in [0.15, 0.2) is 67.0 Å². The molecule has 0 bridgehead atoms. The lowest BCUT2D eigenvalue weighted by Crippen LogP contribution is -2.49. The highest BCUT2D eigenvalue weighted by molar-refractivity contribution is 5.64. The number of fused-ring (bicyclic) bond motifs is 1. The fraction of sp³-hybridized carbons (Fsp3) is 0.292. The van der Waals surface area contributed by atoms with Crippen molar-refractivity contribution in [1.82, 2.24) is 15.3 Å². The van der Waals surface area contributed by atoms with Crippen LogP contribution in [0.4, 0.5) is 15.8 Å². The van der Waals surface area contributed by atoms with E-state index in [1.165, 1.54) is 6.07 Å². The van der Waals surface area contributed by atoms with Gasteiger partial charge in [-0.3, -0.25) is 9.88 Å². The summed E-state index contributed by atoms with van der Waals surface area (Å²) in [6, 6.07) is 16.7. The van der Waals surface area contributed by atoms with Crippen molar-refractivity contribution in [2.45, 2.75) is 24.9 Å². The first kappa shape index (κ1) is 20.8. The van der Waals surface area contributed by atoms with Gasteiger partial charge in [0.2, 0.25) is 0 Å². The second-order valence-electron chi connectivity index (χ2n) is 8.11. The molecule has 0 saturated carbocycles. The van der Waals surface area contributed by atoms with Crippen LogP contribution in [0.25, 0.3) is 0 Å². The van der Waals surface area contributed by atoms with E-state index >= 15 is 0 Å². The SMILES string of the molecule is OC(Nc1ccc2c(c1)C(c1ccncc1)NN2)C1CN(Cc2ccccc2F)CCO1. The number of aromatic nitrogens is 1. The first-order chi connectivity index (χ1) is 15.7. The zero-order valence-electron chi connectivity index (χ0n) is 17.5. The third-order valence-corrected chi connectivity index (χ3v) is 5.95. The van der Waals surface area contributed by atoms with Crippen LogP contribution in [0.5, 0.6) is 0 Å². The molecule has 8 heteroatoms. The zero-order valence-corrected chi connectivity index (χ0v) is 17.5. The fourth-order valence-electron chi connectivity index (χ4n) is 4.25. The van der Waals surface area contributed by atoms with Gasteiger partial charge in [0, 0.05) is 48.8 Å². The third kappa shape index (κ3) is 4.44. The van der Waals surface area contributed by atoms with Crippen LogP contribution in [0.3, 0.4) is 0 Å². The van der Waals surface area contributed by atoms with Gasteiger partial charge >= 0.3 is 0 Å². The molecule has 0 spiro atoms. The Hall–Kier alpha value is -3.04. The highest BCUT2D eigenvalue weighted by atomic mass is 19.1. The summed E-state index contributed by atoms with van der Waals surface area (Å²) in [5.41, 5.74) is 11.1. The van der Waals surface area contributed by atoms with Gasteiger partial charge in [0.25, 0.3) is 0 Å². The van der Waals surface area contributed by atoms with Gasteiger partial charge in [0.15, 0.2) is 6.23 Å². The van der Waals surface area contributed by atoms with Gasteiger partial charge in [-0.05, 0) is 42.0 Å². The van der Waals surface area contributed by atoms with Crippen molar-refractivity contribution in [3.8, 4) is 0 Å². The van der Waals surface area contributed by atoms with Crippen molar-refractivity contribution in [2.75, 3.05) is 30.4 Å². The molecule has 2 aromatic carbocycles. The van der Waals surface area contributed by atoms with E-state index in [4.69, 9.17) is 4.74 Å². The Labute approximate surface area is 186 Å². The Morgan fingerprint density at radius 3 is 2.88 bits per heavy atom. The van der Waals surface area contributed by atoms with Crippen molar-refractivity contribution >= 4 is 11.4 Å². The minimum Gasteiger partial charge on any atom is -0.371 e. The molecular formula is C24H26FN5O2. The minimum absolute atomic E-state index is 0.00548. The standard InChI is InChI=1S/C24H26FN5O2/c25-20-4-2-1-3-17(20)14-30-11-12-32-22(15-30)24(31)27-18-5-6-21-19(13-18)23(29-28-21)16-7-9-26-10-8-16/h1-10,13,22-24,27-29,31H,11-12,14-15H2. The lowest BCUT2D eigenvalue weighted by atomic mass is 9.99. The van der Waals surface area contributed by atoms with Crippen LogP contribution in [0, 0.1) is 5.82 Å². The topological polar surface area (TPSA) is 81.7 Å². The highest BCUT2D eigenvalue weighted by Crippen LogP contribution is 2.35. The number of nitrogens with one attached hydrogen (secondary N) is 3. The maximum atomic E-state index is 14.0. The number of hydrogen-bond acceptors (Lipinski definition) is 7. The quantitative estimate of drug-likeness (QED) is 0.443. The number of anilines is 2. The number of rotatable bonds is 6. The van der Waals surface area contributed by atoms with Crippen LogP contribution in [0.2, 0.25) is 0 Å². The molecule has 1 saturated heterocycles. The van der Waals surface area contributed by atoms with Crippen molar-refractivity contribution in [3.63, 3.8) is 0 Å². The summed E-state index contributed by atoms with van der Waals surface area (Å²) in [6.45, 7) is 2.18. The first-order valence-corrected chi connectivity index (χ1v) is 10.7. The van der Waals surface area contributed by atoms with Crippen LogP contribution < -0.4 is 16.2 Å². The lowest BCUT2D eigenvalue weighted by molar-refractivity contribution is -0.0819. The van der Waals surface area contributed by atoms with Gasteiger partial charge in [0.05, 0.1) is 18.3 Å². The second-order valence-corrected chi connectivity index (χ2v) is 8.11. The largest absolute Gasteiger partial charge is 0.371 e. The predicted octanol–water partition coefficient (Wildman–Crippen LogP) is 2.87. The maximum absolute atomic E-state index is 14.0. The lowest BCUT2D eigenvalue weighted by Gasteiger charge is -2.35. The average molecular weight is 436 g/mol. The van der Waals surface area contributed by atoms with E-state index in [9.17, 15) is 9.50 Å². The van der Waals surface area contributed by atoms with Crippen LogP contribution in [-0.4, -0.2) is 47.0 Å². The molecular weight excluding hydrogens is 409 g/mol. The Kier molecular flexibility index (Phi) is 6.00. The Morgan fingerprint density at radius 2 is 2.03 bits per heavy atom. The Balaban J connectivity index is 1.25. The van der Waals surface area contributed by atoms with Gasteiger partial charge in [-0.15, -0.1) is 0 Å². The van der Waals surface area contributed by atoms with Gasteiger partial charge in [-0.25, -0.2) is 9.82 Å². The number of halogens is 1. The summed E-state index contributed by atoms with van der Waals surface area (Å²) in [6.07, 6.45) is 2.23. The molecule has 0 amide bonds. The molecule has 166 valence electrons. The second kappa shape index (κ2) is 9.22. The third-order valence-electron chi connectivity index (χ3n) is 5.95. The summed E-state index contributed by atoms with van der Waals surface area (Å²) in [5, 5.41) is 14.0. The van der Waals surface area contributed by atoms with Gasteiger partial charge < -0.3 is 20.6 Å². The minimum atomic E-state index is -0.891. The maximum Gasteiger partial charge on any atom is 0.152 e. The molecule has 0 radical (unpaired) electrons. The van der Waals surface area contributed by atoms with E-state index in [0.717, 1.165) is 22.5 Å². The van der Waals surface area contributed by atoms with E-state index in [1.54, 1.807) is 24.5 Å². The van der Waals surface area contributed by atoms with E-state index in [1.807, 2.05) is 36.4 Å². The first-order valence-electron chi connectivity index (χ1n) is 10.7. The van der Waals surface area contributed by atoms with Gasteiger partial charge in [-0.2, -0.15) is 0 Å². The Morgan fingerprint density at radius 1 is 1.19 bits per heavy atom. The number of hydrogen-bond donors (Lipinski definition) is 4. The molecule has 5 rings (SSSR count). The van der Waals surface area contributed by atoms with Crippen molar-refractivity contribution in [3.05, 3.63) is 89.5 Å². The number of nitrogens with zero attached hydrogens (tertiary/aromatic N) is 2. The molecule has 0 aliphatic carbocycles. The number of aliphatic hydroxyl groups excluding tert-OH is 1. The summed E-state index contributed by atoms with van der Waals surface area (Å²) in [7, 11) is 0. The van der Waals surface area contributed by atoms with Crippen molar-refractivity contribution in [2.24, 2.45) is 0 Å². The number of aliphatic hydroxyl groups is 1. The molecule has 1 fully saturated rings. The number of ether oxygens (including phenoxy) is 1. The number of pyridine rings is 1. The molecule has 4 N–H and O–H groups in total. The fourth-order valence-corrected chi connectivity index (χ4v) is 4.25. The highest BCUT2D eigenvalue weighted by Gasteiger charge is 2.28. The van der Waals surface area contributed by atoms with Crippen molar-refractivity contribution < 1.29 is 14.2 Å². The molecule has 2 aliphatic rings. The van der Waals surface area contributed by atoms with Crippen molar-refractivity contribution in [1.29, 1.82) is 0 Å². The van der Waals surface area contributed by atoms with Gasteiger partial charge in [-0.1, -0.05) is 18.2 Å². The average Bonchev–Trinajstić information content (AvgIpc) is 3.25. The monoisotopic (exact) mass is 435 g/mol. The Bertz CT molecular complexity index is 1070. The van der Waals surface area contributed by atoms with Gasteiger partial charge in [0.1, 0.15) is 11.9 Å². The number of morpholine rings is 1. The van der Waals surface area contributed by atoms with E-state index < -0.39 is 12.3 Å². The molecule has 32 heavy (non-hydrogen) atoms. The van der Waals surface area contributed by atoms with E-state index in [2.05, 4.69) is 26.1 Å². The molecule has 3 unspecified atom stereocenters. The summed E-state index contributed by atoms with van der Waals surface area (Å²) < 4.78 is 19.8.